The standard InChI is InChI=1S/C24H31N3O7/c1-3-4-5-6-7-8-13-33-19-11-9-18(10-12-19)27-22(30)17-14-20(32-2)23(25-15-17)34-24(31)26-16-21(28)29/h9-12,14-15H,3-8,13,16H2,1-2H3,(H,26,31)(H,27,30)(H,28,29). The van der Waals surface area contributed by atoms with Gasteiger partial charge in [-0.05, 0) is 30.7 Å². The maximum absolute atomic E-state index is 12.6. The maximum Gasteiger partial charge on any atom is 0.414 e. The fraction of sp³-hybridized carbons (Fsp3) is 0.417. The summed E-state index contributed by atoms with van der Waals surface area (Å²) in [7, 11) is 1.32. The van der Waals surface area contributed by atoms with Crippen LogP contribution in [0.25, 0.3) is 0 Å². The number of pyridine rings is 1. The molecular formula is C24H31N3O7. The Morgan fingerprint density at radius 3 is 2.41 bits per heavy atom. The first kappa shape index (κ1) is 26.4. The molecule has 0 fully saturated rings. The molecule has 0 saturated carbocycles. The molecule has 184 valence electrons. The van der Waals surface area contributed by atoms with Crippen LogP contribution in [0.1, 0.15) is 55.8 Å². The molecule has 10 nitrogen and oxygen atoms in total. The van der Waals surface area contributed by atoms with Crippen LogP contribution in [0.4, 0.5) is 10.5 Å². The number of methoxy groups -OCH3 is 1. The van der Waals surface area contributed by atoms with Gasteiger partial charge < -0.3 is 30.0 Å². The van der Waals surface area contributed by atoms with E-state index in [4.69, 9.17) is 19.3 Å². The third-order valence-electron chi connectivity index (χ3n) is 4.75. The normalized spacial score (nSPS) is 10.3. The number of carbonyl (C=O) groups excluding carboxylic acids is 2. The number of anilines is 1. The van der Waals surface area contributed by atoms with E-state index in [9.17, 15) is 14.4 Å². The van der Waals surface area contributed by atoms with Crippen LogP contribution < -0.4 is 24.8 Å². The number of carboxylic acid groups (broad SMARTS) is 1. The number of carbonyl (C=O) groups is 3. The number of amides is 2. The van der Waals surface area contributed by atoms with E-state index in [2.05, 4.69) is 17.2 Å². The van der Waals surface area contributed by atoms with Crippen LogP contribution in [-0.2, 0) is 4.79 Å². The van der Waals surface area contributed by atoms with Gasteiger partial charge in [-0.15, -0.1) is 0 Å². The second-order valence-corrected chi connectivity index (χ2v) is 7.46. The molecule has 2 amide bonds. The molecule has 0 aliphatic heterocycles. The van der Waals surface area contributed by atoms with Crippen LogP contribution in [0.5, 0.6) is 17.4 Å². The number of unbranched alkanes of at least 4 members (excludes halogenated alkanes) is 5. The minimum absolute atomic E-state index is 0.0385. The highest BCUT2D eigenvalue weighted by atomic mass is 16.6. The molecule has 0 saturated heterocycles. The van der Waals surface area contributed by atoms with Gasteiger partial charge in [-0.3, -0.25) is 9.59 Å². The molecule has 10 heteroatoms. The predicted octanol–water partition coefficient (Wildman–Crippen LogP) is 4.25. The SMILES string of the molecule is CCCCCCCCOc1ccc(NC(=O)c2cnc(OC(=O)NCC(=O)O)c(OC)c2)cc1. The van der Waals surface area contributed by atoms with Crippen LogP contribution in [-0.4, -0.2) is 48.3 Å². The van der Waals surface area contributed by atoms with E-state index < -0.39 is 24.5 Å². The number of hydrogen-bond donors (Lipinski definition) is 3. The highest BCUT2D eigenvalue weighted by Gasteiger charge is 2.16. The molecule has 0 aliphatic rings. The van der Waals surface area contributed by atoms with Crippen molar-refractivity contribution in [3.63, 3.8) is 0 Å². The first-order valence-corrected chi connectivity index (χ1v) is 11.2. The molecule has 34 heavy (non-hydrogen) atoms. The van der Waals surface area contributed by atoms with Crippen molar-refractivity contribution in [2.75, 3.05) is 25.6 Å². The maximum atomic E-state index is 12.6. The van der Waals surface area contributed by atoms with Crippen LogP contribution >= 0.6 is 0 Å². The monoisotopic (exact) mass is 473 g/mol. The number of aliphatic carboxylic acids is 1. The molecule has 0 radical (unpaired) electrons. The summed E-state index contributed by atoms with van der Waals surface area (Å²) < 4.78 is 15.8. The Labute approximate surface area is 198 Å². The van der Waals surface area contributed by atoms with E-state index in [-0.39, 0.29) is 17.2 Å². The minimum atomic E-state index is -1.22. The van der Waals surface area contributed by atoms with Crippen molar-refractivity contribution >= 4 is 23.7 Å². The molecule has 2 aromatic rings. The molecule has 0 unspecified atom stereocenters. The smallest absolute Gasteiger partial charge is 0.414 e. The van der Waals surface area contributed by atoms with E-state index in [0.717, 1.165) is 18.6 Å². The fourth-order valence-corrected chi connectivity index (χ4v) is 2.96. The van der Waals surface area contributed by atoms with Crippen molar-refractivity contribution < 1.29 is 33.7 Å². The average molecular weight is 474 g/mol. The van der Waals surface area contributed by atoms with E-state index in [0.29, 0.717) is 12.3 Å². The zero-order valence-corrected chi connectivity index (χ0v) is 19.5. The topological polar surface area (TPSA) is 136 Å². The van der Waals surface area contributed by atoms with Crippen molar-refractivity contribution in [3.8, 4) is 17.4 Å². The second kappa shape index (κ2) is 14.4. The van der Waals surface area contributed by atoms with E-state index >= 15 is 0 Å². The van der Waals surface area contributed by atoms with Crippen molar-refractivity contribution in [2.45, 2.75) is 45.4 Å². The largest absolute Gasteiger partial charge is 0.494 e. The molecule has 1 heterocycles. The highest BCUT2D eigenvalue weighted by Crippen LogP contribution is 2.26. The number of hydrogen-bond acceptors (Lipinski definition) is 7. The summed E-state index contributed by atoms with van der Waals surface area (Å²) in [5, 5.41) is 13.4. The minimum Gasteiger partial charge on any atom is -0.494 e. The highest BCUT2D eigenvalue weighted by molar-refractivity contribution is 6.04. The number of benzene rings is 1. The number of rotatable bonds is 14. The summed E-state index contributed by atoms with van der Waals surface area (Å²) in [5.74, 6) is -1.09. The van der Waals surface area contributed by atoms with Gasteiger partial charge in [-0.25, -0.2) is 9.78 Å². The van der Waals surface area contributed by atoms with Crippen LogP contribution in [0.3, 0.4) is 0 Å². The number of nitrogens with one attached hydrogen (secondary N) is 2. The third-order valence-corrected chi connectivity index (χ3v) is 4.75. The molecule has 0 spiro atoms. The zero-order chi connectivity index (χ0) is 24.8. The summed E-state index contributed by atoms with van der Waals surface area (Å²) in [5.41, 5.74) is 0.753. The molecule has 1 aromatic heterocycles. The molecule has 1 aromatic carbocycles. The quantitative estimate of drug-likeness (QED) is 0.346. The fourth-order valence-electron chi connectivity index (χ4n) is 2.96. The lowest BCUT2D eigenvalue weighted by molar-refractivity contribution is -0.135. The Morgan fingerprint density at radius 2 is 1.74 bits per heavy atom. The van der Waals surface area contributed by atoms with Gasteiger partial charge in [-0.2, -0.15) is 0 Å². The van der Waals surface area contributed by atoms with Gasteiger partial charge in [0.1, 0.15) is 12.3 Å². The van der Waals surface area contributed by atoms with Crippen LogP contribution in [0, 0.1) is 0 Å². The van der Waals surface area contributed by atoms with Crippen molar-refractivity contribution in [1.29, 1.82) is 0 Å². The molecule has 3 N–H and O–H groups in total. The summed E-state index contributed by atoms with van der Waals surface area (Å²) >= 11 is 0. The van der Waals surface area contributed by atoms with Crippen molar-refractivity contribution in [2.24, 2.45) is 0 Å². The predicted molar refractivity (Wildman–Crippen MR) is 126 cm³/mol. The van der Waals surface area contributed by atoms with Gasteiger partial charge in [0.05, 0.1) is 19.3 Å². The van der Waals surface area contributed by atoms with Crippen LogP contribution in [0.15, 0.2) is 36.5 Å². The third kappa shape index (κ3) is 9.35. The lowest BCUT2D eigenvalue weighted by atomic mass is 10.1. The van der Waals surface area contributed by atoms with E-state index in [1.165, 1.54) is 45.1 Å². The molecule has 0 aliphatic carbocycles. The Bertz CT molecular complexity index is 948. The summed E-state index contributed by atoms with van der Waals surface area (Å²) in [6.07, 6.45) is 7.38. The number of aromatic nitrogens is 1. The Morgan fingerprint density at radius 1 is 1.03 bits per heavy atom. The number of ether oxygens (including phenoxy) is 3. The summed E-state index contributed by atoms with van der Waals surface area (Å²) in [6, 6.07) is 8.42. The second-order valence-electron chi connectivity index (χ2n) is 7.46. The number of nitrogens with zero attached hydrogens (tertiary/aromatic N) is 1. The van der Waals surface area contributed by atoms with Crippen LogP contribution in [0.2, 0.25) is 0 Å². The number of carboxylic acids is 1. The molecule has 2 rings (SSSR count). The van der Waals surface area contributed by atoms with Gasteiger partial charge in [0, 0.05) is 18.0 Å². The Balaban J connectivity index is 1.86. The first-order valence-electron chi connectivity index (χ1n) is 11.2. The van der Waals surface area contributed by atoms with E-state index in [1.807, 2.05) is 5.32 Å². The first-order chi connectivity index (χ1) is 16.4. The Kier molecular flexibility index (Phi) is 11.2. The molecular weight excluding hydrogens is 442 g/mol. The molecule has 0 bridgehead atoms. The lowest BCUT2D eigenvalue weighted by Crippen LogP contribution is -2.32. The van der Waals surface area contributed by atoms with Gasteiger partial charge in [-0.1, -0.05) is 39.0 Å². The van der Waals surface area contributed by atoms with Gasteiger partial charge >= 0.3 is 12.1 Å². The van der Waals surface area contributed by atoms with Gasteiger partial charge in [0.25, 0.3) is 11.8 Å². The Hall–Kier alpha value is -3.82. The summed E-state index contributed by atoms with van der Waals surface area (Å²) in [4.78, 5) is 38.6. The summed E-state index contributed by atoms with van der Waals surface area (Å²) in [6.45, 7) is 2.25. The van der Waals surface area contributed by atoms with E-state index in [1.54, 1.807) is 24.3 Å². The lowest BCUT2D eigenvalue weighted by Gasteiger charge is -2.11. The average Bonchev–Trinajstić information content (AvgIpc) is 2.83. The zero-order valence-electron chi connectivity index (χ0n) is 19.5. The molecule has 0 atom stereocenters. The van der Waals surface area contributed by atoms with Crippen molar-refractivity contribution in [1.82, 2.24) is 10.3 Å². The van der Waals surface area contributed by atoms with Gasteiger partial charge in [0.2, 0.25) is 0 Å². The van der Waals surface area contributed by atoms with Crippen molar-refractivity contribution in [3.05, 3.63) is 42.1 Å². The van der Waals surface area contributed by atoms with Gasteiger partial charge in [0.15, 0.2) is 5.75 Å².